The second-order valence-electron chi connectivity index (χ2n) is 4.34. The van der Waals surface area contributed by atoms with Crippen molar-refractivity contribution >= 4 is 10.9 Å². The van der Waals surface area contributed by atoms with Crippen molar-refractivity contribution in [2.45, 2.75) is 18.6 Å². The van der Waals surface area contributed by atoms with Gasteiger partial charge in [-0.2, -0.15) is 5.10 Å². The fourth-order valence-corrected chi connectivity index (χ4v) is 1.96. The first-order valence-electron chi connectivity index (χ1n) is 5.92. The molecular formula is C12H15N5O2. The molecule has 7 heteroatoms. The molecule has 0 spiro atoms. The Bertz CT molecular complexity index is 618. The first kappa shape index (κ1) is 13.4. The van der Waals surface area contributed by atoms with E-state index in [0.29, 0.717) is 5.56 Å². The van der Waals surface area contributed by atoms with Crippen LogP contribution in [-0.2, 0) is 7.05 Å². The van der Waals surface area contributed by atoms with Gasteiger partial charge in [-0.3, -0.25) is 4.68 Å². The van der Waals surface area contributed by atoms with Gasteiger partial charge in [0.05, 0.1) is 17.8 Å². The van der Waals surface area contributed by atoms with Crippen LogP contribution in [0, 0.1) is 0 Å². The van der Waals surface area contributed by atoms with Gasteiger partial charge in [0, 0.05) is 23.9 Å². The van der Waals surface area contributed by atoms with Crippen LogP contribution >= 0.6 is 0 Å². The van der Waals surface area contributed by atoms with Crippen molar-refractivity contribution in [3.8, 4) is 0 Å². The fourth-order valence-electron chi connectivity index (χ4n) is 1.96. The van der Waals surface area contributed by atoms with Crippen molar-refractivity contribution in [3.63, 3.8) is 0 Å². The predicted octanol–water partition coefficient (Wildman–Crippen LogP) is 1.67. The molecule has 1 aromatic carbocycles. The van der Waals surface area contributed by atoms with Crippen LogP contribution < -0.4 is 0 Å². The largest absolute Gasteiger partial charge is 0.390 e. The van der Waals surface area contributed by atoms with Crippen molar-refractivity contribution in [3.05, 3.63) is 40.4 Å². The lowest BCUT2D eigenvalue weighted by Gasteiger charge is -2.17. The van der Waals surface area contributed by atoms with Crippen LogP contribution in [0.2, 0.25) is 0 Å². The smallest absolute Gasteiger partial charge is 0.105 e. The molecule has 0 aliphatic rings. The second kappa shape index (κ2) is 5.71. The molecule has 1 heterocycles. The molecule has 0 amide bonds. The molecule has 0 radical (unpaired) electrons. The highest BCUT2D eigenvalue weighted by Gasteiger charge is 2.18. The van der Waals surface area contributed by atoms with E-state index in [1.807, 2.05) is 13.1 Å². The maximum Gasteiger partial charge on any atom is 0.105 e. The zero-order chi connectivity index (χ0) is 13.8. The summed E-state index contributed by atoms with van der Waals surface area (Å²) >= 11 is 0. The molecule has 2 N–H and O–H groups in total. The van der Waals surface area contributed by atoms with Gasteiger partial charge in [-0.25, -0.2) is 0 Å². The van der Waals surface area contributed by atoms with E-state index in [2.05, 4.69) is 15.1 Å². The van der Waals surface area contributed by atoms with Crippen LogP contribution in [-0.4, -0.2) is 32.6 Å². The van der Waals surface area contributed by atoms with Crippen molar-refractivity contribution in [1.82, 2.24) is 9.78 Å². The molecule has 0 aliphatic heterocycles. The average molecular weight is 261 g/mol. The predicted molar refractivity (Wildman–Crippen MR) is 70.3 cm³/mol. The highest BCUT2D eigenvalue weighted by Crippen LogP contribution is 2.23. The standard InChI is InChI=1S/C12H15N5O2/c1-17-10-6-8(2-3-9(10)7-15-17)12(19)11(18)4-5-14-16-13/h2-3,6-7,11-12,18-19H,4-5H2,1H3. The molecule has 19 heavy (non-hydrogen) atoms. The SMILES string of the molecule is Cn1ncc2ccc(C(O)C(O)CCN=[N+]=[N-])cc21. The van der Waals surface area contributed by atoms with E-state index in [9.17, 15) is 10.2 Å². The lowest BCUT2D eigenvalue weighted by Crippen LogP contribution is -2.19. The van der Waals surface area contributed by atoms with Gasteiger partial charge in [0.25, 0.3) is 0 Å². The third-order valence-electron chi connectivity index (χ3n) is 3.07. The summed E-state index contributed by atoms with van der Waals surface area (Å²) in [5.74, 6) is 0. The molecule has 100 valence electrons. The summed E-state index contributed by atoms with van der Waals surface area (Å²) in [5.41, 5.74) is 9.67. The first-order valence-corrected chi connectivity index (χ1v) is 5.92. The number of aliphatic hydroxyl groups is 2. The maximum absolute atomic E-state index is 10.1. The highest BCUT2D eigenvalue weighted by molar-refractivity contribution is 5.79. The van der Waals surface area contributed by atoms with Crippen molar-refractivity contribution in [2.75, 3.05) is 6.54 Å². The van der Waals surface area contributed by atoms with Gasteiger partial charge < -0.3 is 10.2 Å². The normalized spacial score (nSPS) is 14.1. The van der Waals surface area contributed by atoms with Gasteiger partial charge in [0.2, 0.25) is 0 Å². The molecule has 2 rings (SSSR count). The number of aliphatic hydroxyl groups excluding tert-OH is 2. The van der Waals surface area contributed by atoms with Gasteiger partial charge in [0.1, 0.15) is 6.10 Å². The Hall–Kier alpha value is -2.08. The topological polar surface area (TPSA) is 107 Å². The molecule has 1 aromatic heterocycles. The number of aromatic nitrogens is 2. The van der Waals surface area contributed by atoms with Crippen molar-refractivity contribution in [1.29, 1.82) is 0 Å². The van der Waals surface area contributed by atoms with Gasteiger partial charge in [-0.05, 0) is 23.6 Å². The third kappa shape index (κ3) is 2.85. The minimum Gasteiger partial charge on any atom is -0.390 e. The Morgan fingerprint density at radius 2 is 2.26 bits per heavy atom. The molecule has 0 saturated carbocycles. The van der Waals surface area contributed by atoms with E-state index in [4.69, 9.17) is 5.53 Å². The summed E-state index contributed by atoms with van der Waals surface area (Å²) in [5, 5.41) is 28.3. The first-order chi connectivity index (χ1) is 9.13. The molecule has 0 fully saturated rings. The number of benzene rings is 1. The summed E-state index contributed by atoms with van der Waals surface area (Å²) < 4.78 is 1.71. The maximum atomic E-state index is 10.1. The zero-order valence-corrected chi connectivity index (χ0v) is 10.5. The Morgan fingerprint density at radius 3 is 3.00 bits per heavy atom. The Morgan fingerprint density at radius 1 is 1.47 bits per heavy atom. The van der Waals surface area contributed by atoms with E-state index in [-0.39, 0.29) is 13.0 Å². The van der Waals surface area contributed by atoms with Gasteiger partial charge in [-0.15, -0.1) is 0 Å². The van der Waals surface area contributed by atoms with Crippen LogP contribution in [0.1, 0.15) is 18.1 Å². The number of hydrogen-bond donors (Lipinski definition) is 2. The number of rotatable bonds is 5. The summed E-state index contributed by atoms with van der Waals surface area (Å²) in [7, 11) is 1.82. The lowest BCUT2D eigenvalue weighted by molar-refractivity contribution is 0.0151. The quantitative estimate of drug-likeness (QED) is 0.485. The molecule has 7 nitrogen and oxygen atoms in total. The minimum atomic E-state index is -1.01. The van der Waals surface area contributed by atoms with Crippen LogP contribution in [0.5, 0.6) is 0 Å². The average Bonchev–Trinajstić information content (AvgIpc) is 2.79. The second-order valence-corrected chi connectivity index (χ2v) is 4.34. The molecule has 2 atom stereocenters. The number of fused-ring (bicyclic) bond motifs is 1. The Labute approximate surface area is 109 Å². The fraction of sp³-hybridized carbons (Fsp3) is 0.417. The molecule has 0 aliphatic carbocycles. The minimum absolute atomic E-state index is 0.155. The van der Waals surface area contributed by atoms with Gasteiger partial charge in [-0.1, -0.05) is 17.2 Å². The molecule has 0 bridgehead atoms. The van der Waals surface area contributed by atoms with E-state index in [0.717, 1.165) is 10.9 Å². The number of nitrogens with zero attached hydrogens (tertiary/aromatic N) is 5. The van der Waals surface area contributed by atoms with Crippen LogP contribution in [0.25, 0.3) is 21.3 Å². The number of azide groups is 1. The Kier molecular flexibility index (Phi) is 4.01. The molecule has 2 unspecified atom stereocenters. The summed E-state index contributed by atoms with van der Waals surface area (Å²) in [4.78, 5) is 2.61. The summed E-state index contributed by atoms with van der Waals surface area (Å²) in [6, 6.07) is 5.40. The molecule has 2 aromatic rings. The van der Waals surface area contributed by atoms with Crippen molar-refractivity contribution in [2.24, 2.45) is 12.2 Å². The summed E-state index contributed by atoms with van der Waals surface area (Å²) in [6.07, 6.45) is -0.0116. The zero-order valence-electron chi connectivity index (χ0n) is 10.5. The van der Waals surface area contributed by atoms with Crippen molar-refractivity contribution < 1.29 is 10.2 Å². The van der Waals surface area contributed by atoms with Crippen LogP contribution in [0.4, 0.5) is 0 Å². The molecular weight excluding hydrogens is 246 g/mol. The third-order valence-corrected chi connectivity index (χ3v) is 3.07. The summed E-state index contributed by atoms with van der Waals surface area (Å²) in [6.45, 7) is 0.155. The highest BCUT2D eigenvalue weighted by atomic mass is 16.3. The number of aryl methyl sites for hydroxylation is 1. The monoisotopic (exact) mass is 261 g/mol. The van der Waals surface area contributed by atoms with E-state index >= 15 is 0 Å². The van der Waals surface area contributed by atoms with Crippen LogP contribution in [0.15, 0.2) is 29.5 Å². The lowest BCUT2D eigenvalue weighted by atomic mass is 10.0. The van der Waals surface area contributed by atoms with Gasteiger partial charge >= 0.3 is 0 Å². The number of hydrogen-bond acceptors (Lipinski definition) is 4. The van der Waals surface area contributed by atoms with E-state index < -0.39 is 12.2 Å². The van der Waals surface area contributed by atoms with E-state index in [1.54, 1.807) is 23.0 Å². The Balaban J connectivity index is 2.17. The molecule has 0 saturated heterocycles. The van der Waals surface area contributed by atoms with E-state index in [1.165, 1.54) is 0 Å². The van der Waals surface area contributed by atoms with Gasteiger partial charge in [0.15, 0.2) is 0 Å². The van der Waals surface area contributed by atoms with Crippen LogP contribution in [0.3, 0.4) is 0 Å².